The molecule has 2 aliphatic heterocycles. The second-order valence-electron chi connectivity index (χ2n) is 7.62. The van der Waals surface area contributed by atoms with Crippen molar-refractivity contribution in [1.82, 2.24) is 14.8 Å². The maximum atomic E-state index is 12.9. The van der Waals surface area contributed by atoms with E-state index in [0.29, 0.717) is 24.6 Å². The van der Waals surface area contributed by atoms with Crippen LogP contribution in [0.5, 0.6) is 11.5 Å². The van der Waals surface area contributed by atoms with Crippen LogP contribution in [0.4, 0.5) is 0 Å². The lowest BCUT2D eigenvalue weighted by Gasteiger charge is -2.36. The highest BCUT2D eigenvalue weighted by molar-refractivity contribution is 7.13. The molecule has 0 N–H and O–H groups in total. The second-order valence-corrected chi connectivity index (χ2v) is 8.91. The number of aromatic nitrogens is 1. The summed E-state index contributed by atoms with van der Waals surface area (Å²) in [6.07, 6.45) is -0.582. The number of amides is 1. The van der Waals surface area contributed by atoms with Crippen molar-refractivity contribution < 1.29 is 14.3 Å². The van der Waals surface area contributed by atoms with Crippen LogP contribution >= 0.6 is 22.9 Å². The molecule has 6 nitrogen and oxygen atoms in total. The first-order chi connectivity index (χ1) is 15.2. The van der Waals surface area contributed by atoms with E-state index in [1.807, 2.05) is 53.4 Å². The van der Waals surface area contributed by atoms with Gasteiger partial charge in [0.05, 0.1) is 5.69 Å². The average Bonchev–Trinajstić information content (AvgIpc) is 3.27. The molecular weight excluding hydrogens is 434 g/mol. The number of halogens is 1. The molecule has 160 valence electrons. The van der Waals surface area contributed by atoms with Crippen LogP contribution < -0.4 is 9.47 Å². The van der Waals surface area contributed by atoms with Crippen LogP contribution in [-0.2, 0) is 11.3 Å². The minimum atomic E-state index is -0.582. The summed E-state index contributed by atoms with van der Waals surface area (Å²) >= 11 is 7.61. The Morgan fingerprint density at radius 3 is 2.58 bits per heavy atom. The normalized spacial score (nSPS) is 18.7. The first kappa shape index (κ1) is 20.3. The van der Waals surface area contributed by atoms with E-state index in [9.17, 15) is 4.79 Å². The van der Waals surface area contributed by atoms with Crippen molar-refractivity contribution in [3.8, 4) is 22.1 Å². The van der Waals surface area contributed by atoms with E-state index in [1.54, 1.807) is 11.3 Å². The lowest BCUT2D eigenvalue weighted by molar-refractivity contribution is -0.143. The smallest absolute Gasteiger partial charge is 0.267 e. The number of hydrogen-bond acceptors (Lipinski definition) is 6. The Balaban J connectivity index is 1.14. The highest BCUT2D eigenvalue weighted by Crippen LogP contribution is 2.31. The van der Waals surface area contributed by atoms with Crippen LogP contribution in [0.1, 0.15) is 5.69 Å². The first-order valence-electron chi connectivity index (χ1n) is 10.3. The fourth-order valence-electron chi connectivity index (χ4n) is 3.80. The number of fused-ring (bicyclic) bond motifs is 1. The van der Waals surface area contributed by atoms with Crippen molar-refractivity contribution in [2.75, 3.05) is 32.8 Å². The van der Waals surface area contributed by atoms with Gasteiger partial charge in [0, 0.05) is 48.7 Å². The predicted molar refractivity (Wildman–Crippen MR) is 121 cm³/mol. The Morgan fingerprint density at radius 2 is 1.81 bits per heavy atom. The van der Waals surface area contributed by atoms with Gasteiger partial charge in [0.25, 0.3) is 5.91 Å². The van der Waals surface area contributed by atoms with E-state index >= 15 is 0 Å². The summed E-state index contributed by atoms with van der Waals surface area (Å²) in [4.78, 5) is 21.9. The van der Waals surface area contributed by atoms with Gasteiger partial charge in [-0.05, 0) is 24.3 Å². The summed E-state index contributed by atoms with van der Waals surface area (Å²) in [7, 11) is 0. The quantitative estimate of drug-likeness (QED) is 0.596. The Labute approximate surface area is 190 Å². The largest absolute Gasteiger partial charge is 0.485 e. The molecule has 8 heteroatoms. The van der Waals surface area contributed by atoms with Gasteiger partial charge in [-0.25, -0.2) is 4.98 Å². The van der Waals surface area contributed by atoms with Crippen LogP contribution in [-0.4, -0.2) is 59.6 Å². The number of para-hydroxylation sites is 2. The fraction of sp³-hybridized carbons (Fsp3) is 0.304. The summed E-state index contributed by atoms with van der Waals surface area (Å²) in [5, 5.41) is 3.82. The van der Waals surface area contributed by atoms with Gasteiger partial charge in [0.15, 0.2) is 11.5 Å². The Morgan fingerprint density at radius 1 is 1.06 bits per heavy atom. The zero-order valence-corrected chi connectivity index (χ0v) is 18.4. The van der Waals surface area contributed by atoms with Gasteiger partial charge >= 0.3 is 0 Å². The van der Waals surface area contributed by atoms with E-state index in [1.165, 1.54) is 0 Å². The molecule has 1 unspecified atom stereocenters. The first-order valence-corrected chi connectivity index (χ1v) is 11.5. The Kier molecular flexibility index (Phi) is 5.80. The number of carbonyl (C=O) groups is 1. The fourth-order valence-corrected chi connectivity index (χ4v) is 4.75. The molecule has 0 radical (unpaired) electrons. The number of nitrogens with zero attached hydrogens (tertiary/aromatic N) is 3. The molecular formula is C23H22ClN3O3S. The topological polar surface area (TPSA) is 54.9 Å². The monoisotopic (exact) mass is 455 g/mol. The molecule has 0 bridgehead atoms. The van der Waals surface area contributed by atoms with Crippen molar-refractivity contribution in [1.29, 1.82) is 0 Å². The van der Waals surface area contributed by atoms with Gasteiger partial charge in [-0.15, -0.1) is 11.3 Å². The lowest BCUT2D eigenvalue weighted by atomic mass is 10.2. The molecule has 1 atom stereocenters. The molecule has 1 amide bonds. The number of benzene rings is 2. The van der Waals surface area contributed by atoms with Gasteiger partial charge in [-0.1, -0.05) is 35.9 Å². The summed E-state index contributed by atoms with van der Waals surface area (Å²) in [6.45, 7) is 4.00. The molecule has 0 aliphatic carbocycles. The van der Waals surface area contributed by atoms with E-state index in [-0.39, 0.29) is 12.5 Å². The number of rotatable bonds is 4. The zero-order chi connectivity index (χ0) is 21.2. The third kappa shape index (κ3) is 4.54. The third-order valence-electron chi connectivity index (χ3n) is 5.50. The third-order valence-corrected chi connectivity index (χ3v) is 6.69. The molecule has 3 heterocycles. The van der Waals surface area contributed by atoms with Crippen molar-refractivity contribution in [3.63, 3.8) is 0 Å². The Hall–Kier alpha value is -2.61. The van der Waals surface area contributed by atoms with Gasteiger partial charge in [-0.2, -0.15) is 0 Å². The second kappa shape index (κ2) is 8.86. The number of carbonyl (C=O) groups excluding carboxylic acids is 1. The molecule has 5 rings (SSSR count). The standard InChI is InChI=1S/C23H22ClN3O3S/c24-17-7-5-16(6-8-17)22-25-18(15-31-22)13-26-9-11-27(12-10-26)23(28)21-14-29-19-3-1-2-4-20(19)30-21/h1-8,15,21H,9-14H2. The number of hydrogen-bond donors (Lipinski definition) is 0. The highest BCUT2D eigenvalue weighted by Gasteiger charge is 2.32. The SMILES string of the molecule is O=C(C1COc2ccccc2O1)N1CCN(Cc2csc(-c3ccc(Cl)cc3)n2)CC1. The van der Waals surface area contributed by atoms with E-state index in [2.05, 4.69) is 10.3 Å². The lowest BCUT2D eigenvalue weighted by Crippen LogP contribution is -2.53. The molecule has 0 spiro atoms. The van der Waals surface area contributed by atoms with Crippen LogP contribution in [0.2, 0.25) is 5.02 Å². The molecule has 3 aromatic rings. The highest BCUT2D eigenvalue weighted by atomic mass is 35.5. The van der Waals surface area contributed by atoms with E-state index in [0.717, 1.165) is 40.9 Å². The molecule has 2 aliphatic rings. The van der Waals surface area contributed by atoms with Crippen LogP contribution in [0.3, 0.4) is 0 Å². The number of thiazole rings is 1. The number of ether oxygens (including phenoxy) is 2. The number of piperazine rings is 1. The minimum absolute atomic E-state index is 0.00663. The summed E-state index contributed by atoms with van der Waals surface area (Å²) in [5.74, 6) is 1.32. The maximum absolute atomic E-state index is 12.9. The molecule has 1 aromatic heterocycles. The van der Waals surface area contributed by atoms with Crippen LogP contribution in [0.25, 0.3) is 10.6 Å². The van der Waals surface area contributed by atoms with Crippen LogP contribution in [0.15, 0.2) is 53.9 Å². The molecule has 1 saturated heterocycles. The molecule has 31 heavy (non-hydrogen) atoms. The van der Waals surface area contributed by atoms with Gasteiger partial charge < -0.3 is 14.4 Å². The summed E-state index contributed by atoms with van der Waals surface area (Å²) in [5.41, 5.74) is 2.13. The van der Waals surface area contributed by atoms with Gasteiger partial charge in [0.1, 0.15) is 11.6 Å². The Bertz CT molecular complexity index is 1060. The van der Waals surface area contributed by atoms with Crippen molar-refractivity contribution in [2.45, 2.75) is 12.6 Å². The van der Waals surface area contributed by atoms with E-state index < -0.39 is 6.10 Å². The molecule has 0 saturated carbocycles. The van der Waals surface area contributed by atoms with Crippen molar-refractivity contribution >= 4 is 28.8 Å². The summed E-state index contributed by atoms with van der Waals surface area (Å²) in [6, 6.07) is 15.2. The average molecular weight is 456 g/mol. The molecule has 1 fully saturated rings. The maximum Gasteiger partial charge on any atom is 0.267 e. The van der Waals surface area contributed by atoms with Crippen molar-refractivity contribution in [2.24, 2.45) is 0 Å². The minimum Gasteiger partial charge on any atom is -0.485 e. The zero-order valence-electron chi connectivity index (χ0n) is 16.9. The van der Waals surface area contributed by atoms with E-state index in [4.69, 9.17) is 26.1 Å². The summed E-state index contributed by atoms with van der Waals surface area (Å²) < 4.78 is 11.6. The predicted octanol–water partition coefficient (Wildman–Crippen LogP) is 3.95. The van der Waals surface area contributed by atoms with Crippen molar-refractivity contribution in [3.05, 3.63) is 64.6 Å². The van der Waals surface area contributed by atoms with Crippen LogP contribution in [0, 0.1) is 0 Å². The van der Waals surface area contributed by atoms with Gasteiger partial charge in [0.2, 0.25) is 6.10 Å². The van der Waals surface area contributed by atoms with Gasteiger partial charge in [-0.3, -0.25) is 9.69 Å². The molecule has 2 aromatic carbocycles.